The third kappa shape index (κ3) is 2.32. The summed E-state index contributed by atoms with van der Waals surface area (Å²) >= 11 is 0. The molecule has 0 atom stereocenters. The Bertz CT molecular complexity index is 408. The smallest absolute Gasteiger partial charge is 0.0880 e. The first kappa shape index (κ1) is 10.9. The first-order chi connectivity index (χ1) is 7.74. The second-order valence-corrected chi connectivity index (χ2v) is 4.47. The van der Waals surface area contributed by atoms with Gasteiger partial charge in [-0.1, -0.05) is 42.5 Å². The Balaban J connectivity index is 1.81. The molecule has 1 saturated carbocycles. The molecule has 82 valence electrons. The van der Waals surface area contributed by atoms with Crippen LogP contribution in [0.15, 0.2) is 42.5 Å². The molecule has 2 nitrogen and oxygen atoms in total. The lowest BCUT2D eigenvalue weighted by Gasteiger charge is -2.36. The molecule has 0 saturated heterocycles. The van der Waals surface area contributed by atoms with Crippen molar-refractivity contribution in [2.24, 2.45) is 5.41 Å². The summed E-state index contributed by atoms with van der Waals surface area (Å²) in [4.78, 5) is 0. The third-order valence-electron chi connectivity index (χ3n) is 2.90. The van der Waals surface area contributed by atoms with Crippen LogP contribution in [-0.4, -0.2) is 6.61 Å². The molecule has 0 aromatic heterocycles. The van der Waals surface area contributed by atoms with Crippen molar-refractivity contribution < 1.29 is 4.74 Å². The molecule has 0 aliphatic heterocycles. The fourth-order valence-electron chi connectivity index (χ4n) is 2.06. The monoisotopic (exact) mass is 213 g/mol. The number of benzene rings is 1. The zero-order chi connectivity index (χ0) is 11.4. The van der Waals surface area contributed by atoms with Crippen LogP contribution in [0.1, 0.15) is 18.4 Å². The van der Waals surface area contributed by atoms with Gasteiger partial charge in [-0.3, -0.25) is 0 Å². The van der Waals surface area contributed by atoms with Crippen LogP contribution >= 0.6 is 0 Å². The van der Waals surface area contributed by atoms with E-state index in [-0.39, 0.29) is 5.41 Å². The van der Waals surface area contributed by atoms with Crippen molar-refractivity contribution in [3.8, 4) is 6.07 Å². The van der Waals surface area contributed by atoms with E-state index in [1.54, 1.807) is 0 Å². The molecule has 2 heteroatoms. The molecule has 0 amide bonds. The highest BCUT2D eigenvalue weighted by Gasteiger charge is 2.40. The van der Waals surface area contributed by atoms with E-state index in [2.05, 4.69) is 12.6 Å². The standard InChI is InChI=1S/C14H15NO/c1-12-7-14(8-12,10-15)11-16-9-13-5-3-2-4-6-13/h2-6H,1,7-9,11H2. The minimum atomic E-state index is -0.300. The van der Waals surface area contributed by atoms with Crippen molar-refractivity contribution in [2.45, 2.75) is 19.4 Å². The van der Waals surface area contributed by atoms with Gasteiger partial charge in [0.05, 0.1) is 24.7 Å². The molecule has 1 aliphatic rings. The Morgan fingerprint density at radius 1 is 1.31 bits per heavy atom. The fraction of sp³-hybridized carbons (Fsp3) is 0.357. The number of nitrogens with zero attached hydrogens (tertiary/aromatic N) is 1. The quantitative estimate of drug-likeness (QED) is 0.720. The van der Waals surface area contributed by atoms with Crippen molar-refractivity contribution in [3.63, 3.8) is 0 Å². The van der Waals surface area contributed by atoms with Crippen molar-refractivity contribution in [1.29, 1.82) is 5.26 Å². The number of rotatable bonds is 4. The number of ether oxygens (including phenoxy) is 1. The van der Waals surface area contributed by atoms with E-state index in [4.69, 9.17) is 10.00 Å². The Labute approximate surface area is 96.2 Å². The largest absolute Gasteiger partial charge is 0.375 e. The van der Waals surface area contributed by atoms with E-state index < -0.39 is 0 Å². The molecule has 1 aromatic rings. The minimum Gasteiger partial charge on any atom is -0.375 e. The van der Waals surface area contributed by atoms with Crippen LogP contribution in [-0.2, 0) is 11.3 Å². The van der Waals surface area contributed by atoms with Crippen LogP contribution in [0.2, 0.25) is 0 Å². The molecular formula is C14H15NO. The van der Waals surface area contributed by atoms with Crippen molar-refractivity contribution in [1.82, 2.24) is 0 Å². The fourth-order valence-corrected chi connectivity index (χ4v) is 2.06. The molecule has 16 heavy (non-hydrogen) atoms. The van der Waals surface area contributed by atoms with Crippen LogP contribution in [0.3, 0.4) is 0 Å². The highest BCUT2D eigenvalue weighted by atomic mass is 16.5. The van der Waals surface area contributed by atoms with Gasteiger partial charge < -0.3 is 4.74 Å². The lowest BCUT2D eigenvalue weighted by atomic mass is 9.68. The van der Waals surface area contributed by atoms with Gasteiger partial charge in [0, 0.05) is 0 Å². The van der Waals surface area contributed by atoms with Crippen molar-refractivity contribution in [2.75, 3.05) is 6.61 Å². The molecule has 0 spiro atoms. The number of hydrogen-bond donors (Lipinski definition) is 0. The molecule has 0 radical (unpaired) electrons. The molecule has 1 aliphatic carbocycles. The number of hydrogen-bond acceptors (Lipinski definition) is 2. The summed E-state index contributed by atoms with van der Waals surface area (Å²) in [6, 6.07) is 12.4. The predicted octanol–water partition coefficient (Wildman–Crippen LogP) is 3.06. The van der Waals surface area contributed by atoms with Crippen LogP contribution < -0.4 is 0 Å². The zero-order valence-electron chi connectivity index (χ0n) is 9.28. The van der Waals surface area contributed by atoms with Crippen molar-refractivity contribution in [3.05, 3.63) is 48.0 Å². The summed E-state index contributed by atoms with van der Waals surface area (Å²) < 4.78 is 5.60. The van der Waals surface area contributed by atoms with E-state index in [0.717, 1.165) is 24.0 Å². The normalized spacial score (nSPS) is 17.6. The van der Waals surface area contributed by atoms with E-state index in [0.29, 0.717) is 13.2 Å². The van der Waals surface area contributed by atoms with Crippen LogP contribution in [0, 0.1) is 16.7 Å². The molecular weight excluding hydrogens is 198 g/mol. The lowest BCUT2D eigenvalue weighted by molar-refractivity contribution is 0.0426. The Kier molecular flexibility index (Phi) is 3.07. The summed E-state index contributed by atoms with van der Waals surface area (Å²) in [6.45, 7) is 4.95. The molecule has 1 fully saturated rings. The Hall–Kier alpha value is -1.59. The van der Waals surface area contributed by atoms with Crippen LogP contribution in [0.25, 0.3) is 0 Å². The zero-order valence-corrected chi connectivity index (χ0v) is 9.28. The molecule has 0 bridgehead atoms. The number of nitriles is 1. The Morgan fingerprint density at radius 2 is 2.00 bits per heavy atom. The van der Waals surface area contributed by atoms with Crippen molar-refractivity contribution >= 4 is 0 Å². The summed E-state index contributed by atoms with van der Waals surface area (Å²) in [7, 11) is 0. The Morgan fingerprint density at radius 3 is 2.56 bits per heavy atom. The molecule has 0 heterocycles. The topological polar surface area (TPSA) is 33.0 Å². The second kappa shape index (κ2) is 4.51. The van der Waals surface area contributed by atoms with Gasteiger partial charge in [0.1, 0.15) is 0 Å². The van der Waals surface area contributed by atoms with E-state index in [9.17, 15) is 0 Å². The summed E-state index contributed by atoms with van der Waals surface area (Å²) in [5.41, 5.74) is 2.00. The molecule has 0 N–H and O–H groups in total. The van der Waals surface area contributed by atoms with Crippen LogP contribution in [0.5, 0.6) is 0 Å². The SMILES string of the molecule is C=C1CC(C#N)(COCc2ccccc2)C1. The molecule has 0 unspecified atom stereocenters. The highest BCUT2D eigenvalue weighted by Crippen LogP contribution is 2.43. The third-order valence-corrected chi connectivity index (χ3v) is 2.90. The average Bonchev–Trinajstić information content (AvgIpc) is 2.27. The summed E-state index contributed by atoms with van der Waals surface area (Å²) in [5, 5.41) is 9.08. The average molecular weight is 213 g/mol. The lowest BCUT2D eigenvalue weighted by Crippen LogP contribution is -2.34. The van der Waals surface area contributed by atoms with Gasteiger partial charge in [-0.25, -0.2) is 0 Å². The molecule has 1 aromatic carbocycles. The van der Waals surface area contributed by atoms with Gasteiger partial charge >= 0.3 is 0 Å². The van der Waals surface area contributed by atoms with E-state index >= 15 is 0 Å². The first-order valence-corrected chi connectivity index (χ1v) is 5.44. The van der Waals surface area contributed by atoms with Gasteiger partial charge in [0.25, 0.3) is 0 Å². The minimum absolute atomic E-state index is 0.300. The maximum Gasteiger partial charge on any atom is 0.0880 e. The summed E-state index contributed by atoms with van der Waals surface area (Å²) in [5.74, 6) is 0. The first-order valence-electron chi connectivity index (χ1n) is 5.44. The predicted molar refractivity (Wildman–Crippen MR) is 62.5 cm³/mol. The van der Waals surface area contributed by atoms with E-state index in [1.165, 1.54) is 0 Å². The second-order valence-electron chi connectivity index (χ2n) is 4.47. The van der Waals surface area contributed by atoms with Gasteiger partial charge in [-0.05, 0) is 18.4 Å². The van der Waals surface area contributed by atoms with Gasteiger partial charge in [0.2, 0.25) is 0 Å². The maximum atomic E-state index is 9.08. The van der Waals surface area contributed by atoms with Gasteiger partial charge in [-0.2, -0.15) is 5.26 Å². The molecule has 2 rings (SSSR count). The maximum absolute atomic E-state index is 9.08. The van der Waals surface area contributed by atoms with Crippen LogP contribution in [0.4, 0.5) is 0 Å². The summed E-state index contributed by atoms with van der Waals surface area (Å²) in [6.07, 6.45) is 1.58. The highest BCUT2D eigenvalue weighted by molar-refractivity contribution is 5.23. The number of allylic oxidation sites excluding steroid dienone is 1. The van der Waals surface area contributed by atoms with E-state index in [1.807, 2.05) is 30.3 Å². The van der Waals surface area contributed by atoms with Gasteiger partial charge in [-0.15, -0.1) is 0 Å². The van der Waals surface area contributed by atoms with Gasteiger partial charge in [0.15, 0.2) is 0 Å².